The van der Waals surface area contributed by atoms with E-state index in [1.54, 1.807) is 0 Å². The van der Waals surface area contributed by atoms with E-state index in [-0.39, 0.29) is 25.0 Å². The SMILES string of the molecule is C=C(CCCOP(=O)(O)O)C(=O)O. The number of phosphoric acid groups is 1. The summed E-state index contributed by atoms with van der Waals surface area (Å²) in [5.41, 5.74) is -0.00527. The number of rotatable bonds is 6. The Bertz CT molecular complexity index is 242. The standard InChI is InChI=1S/C6H11O6P/c1-5(6(7)8)3-2-4-12-13(9,10)11/h1-4H2,(H,7,8)(H2,9,10,11). The van der Waals surface area contributed by atoms with E-state index in [1.807, 2.05) is 0 Å². The summed E-state index contributed by atoms with van der Waals surface area (Å²) < 4.78 is 14.2. The molecule has 76 valence electrons. The molecule has 7 heteroatoms. The van der Waals surface area contributed by atoms with Gasteiger partial charge in [0.25, 0.3) is 0 Å². The molecule has 0 fully saturated rings. The third-order valence-corrected chi connectivity index (χ3v) is 1.70. The Labute approximate surface area is 75.1 Å². The number of aliphatic carboxylic acids is 1. The van der Waals surface area contributed by atoms with Gasteiger partial charge < -0.3 is 14.9 Å². The fourth-order valence-electron chi connectivity index (χ4n) is 0.576. The molecule has 0 aliphatic heterocycles. The lowest BCUT2D eigenvalue weighted by molar-refractivity contribution is -0.132. The molecule has 0 aromatic rings. The summed E-state index contributed by atoms with van der Waals surface area (Å²) in [6.07, 6.45) is 0.367. The van der Waals surface area contributed by atoms with Crippen molar-refractivity contribution in [3.63, 3.8) is 0 Å². The Hall–Kier alpha value is -0.680. The molecule has 0 heterocycles. The first-order chi connectivity index (χ1) is 5.83. The third kappa shape index (κ3) is 7.67. The molecule has 0 aliphatic rings. The van der Waals surface area contributed by atoms with E-state index in [0.717, 1.165) is 0 Å². The Morgan fingerprint density at radius 3 is 2.38 bits per heavy atom. The molecule has 3 N–H and O–H groups in total. The van der Waals surface area contributed by atoms with Crippen molar-refractivity contribution < 1.29 is 28.8 Å². The van der Waals surface area contributed by atoms with E-state index in [4.69, 9.17) is 14.9 Å². The molecule has 0 unspecified atom stereocenters. The molecule has 13 heavy (non-hydrogen) atoms. The van der Waals surface area contributed by atoms with Crippen LogP contribution in [0, 0.1) is 0 Å². The number of hydrogen-bond donors (Lipinski definition) is 3. The molecule has 0 aromatic carbocycles. The first-order valence-electron chi connectivity index (χ1n) is 3.44. The van der Waals surface area contributed by atoms with Gasteiger partial charge >= 0.3 is 13.8 Å². The maximum Gasteiger partial charge on any atom is 0.469 e. The van der Waals surface area contributed by atoms with Crippen molar-refractivity contribution in [3.8, 4) is 0 Å². The molecule has 0 spiro atoms. The molecule has 0 rings (SSSR count). The van der Waals surface area contributed by atoms with Gasteiger partial charge in [0, 0.05) is 5.57 Å². The predicted octanol–water partition coefficient (Wildman–Crippen LogP) is 0.517. The summed E-state index contributed by atoms with van der Waals surface area (Å²) in [7, 11) is -4.43. The minimum absolute atomic E-state index is 0.00527. The van der Waals surface area contributed by atoms with E-state index in [9.17, 15) is 9.36 Å². The summed E-state index contributed by atoms with van der Waals surface area (Å²) >= 11 is 0. The molecule has 0 amide bonds. The van der Waals surface area contributed by atoms with Crippen molar-refractivity contribution in [2.24, 2.45) is 0 Å². The smallest absolute Gasteiger partial charge is 0.469 e. The number of carbonyl (C=O) groups is 1. The van der Waals surface area contributed by atoms with E-state index in [0.29, 0.717) is 0 Å². The molecule has 0 aliphatic carbocycles. The second kappa shape index (κ2) is 5.14. The van der Waals surface area contributed by atoms with Crippen LogP contribution >= 0.6 is 7.82 Å². The van der Waals surface area contributed by atoms with Crippen LogP contribution in [0.2, 0.25) is 0 Å². The van der Waals surface area contributed by atoms with Crippen molar-refractivity contribution in [3.05, 3.63) is 12.2 Å². The predicted molar refractivity (Wildman–Crippen MR) is 44.0 cm³/mol. The van der Waals surface area contributed by atoms with Crippen LogP contribution in [0.15, 0.2) is 12.2 Å². The number of carboxylic acid groups (broad SMARTS) is 1. The van der Waals surface area contributed by atoms with Crippen LogP contribution < -0.4 is 0 Å². The maximum atomic E-state index is 10.2. The minimum atomic E-state index is -4.43. The Morgan fingerprint density at radius 1 is 1.46 bits per heavy atom. The molecule has 0 saturated carbocycles. The zero-order valence-corrected chi connectivity index (χ0v) is 7.74. The van der Waals surface area contributed by atoms with E-state index in [1.165, 1.54) is 0 Å². The molecule has 0 atom stereocenters. The van der Waals surface area contributed by atoms with Crippen molar-refractivity contribution in [2.75, 3.05) is 6.61 Å². The van der Waals surface area contributed by atoms with Crippen LogP contribution in [-0.2, 0) is 13.9 Å². The number of carboxylic acids is 1. The Balaban J connectivity index is 3.53. The molecule has 0 radical (unpaired) electrons. The molecule has 6 nitrogen and oxygen atoms in total. The van der Waals surface area contributed by atoms with Gasteiger partial charge in [0.2, 0.25) is 0 Å². The fraction of sp³-hybridized carbons (Fsp3) is 0.500. The summed E-state index contributed by atoms with van der Waals surface area (Å²) in [6.45, 7) is 3.06. The lowest BCUT2D eigenvalue weighted by atomic mass is 10.2. The van der Waals surface area contributed by atoms with Crippen LogP contribution in [0.25, 0.3) is 0 Å². The first-order valence-corrected chi connectivity index (χ1v) is 4.97. The highest BCUT2D eigenvalue weighted by Gasteiger charge is 2.13. The maximum absolute atomic E-state index is 10.2. The second-order valence-corrected chi connectivity index (χ2v) is 3.58. The van der Waals surface area contributed by atoms with Crippen molar-refractivity contribution >= 4 is 13.8 Å². The molecule has 0 saturated heterocycles. The van der Waals surface area contributed by atoms with E-state index < -0.39 is 13.8 Å². The van der Waals surface area contributed by atoms with Crippen molar-refractivity contribution in [1.29, 1.82) is 0 Å². The van der Waals surface area contributed by atoms with Crippen molar-refractivity contribution in [1.82, 2.24) is 0 Å². The number of hydrogen-bond acceptors (Lipinski definition) is 3. The van der Waals surface area contributed by atoms with E-state index >= 15 is 0 Å². The fourth-order valence-corrected chi connectivity index (χ4v) is 0.943. The molecular formula is C6H11O6P. The molecular weight excluding hydrogens is 199 g/mol. The highest BCUT2D eigenvalue weighted by molar-refractivity contribution is 7.46. The quantitative estimate of drug-likeness (QED) is 0.335. The minimum Gasteiger partial charge on any atom is -0.478 e. The van der Waals surface area contributed by atoms with Gasteiger partial charge in [0.15, 0.2) is 0 Å². The highest BCUT2D eigenvalue weighted by Crippen LogP contribution is 2.35. The van der Waals surface area contributed by atoms with Gasteiger partial charge in [-0.2, -0.15) is 0 Å². The topological polar surface area (TPSA) is 104 Å². The number of phosphoric ester groups is 1. The van der Waals surface area contributed by atoms with Gasteiger partial charge in [-0.1, -0.05) is 6.58 Å². The van der Waals surface area contributed by atoms with Crippen LogP contribution in [0.5, 0.6) is 0 Å². The van der Waals surface area contributed by atoms with Gasteiger partial charge in [0.1, 0.15) is 0 Å². The third-order valence-electron chi connectivity index (χ3n) is 1.18. The summed E-state index contributed by atoms with van der Waals surface area (Å²) in [6, 6.07) is 0. The van der Waals surface area contributed by atoms with Gasteiger partial charge in [-0.3, -0.25) is 4.52 Å². The van der Waals surface area contributed by atoms with Crippen LogP contribution in [-0.4, -0.2) is 27.5 Å². The van der Waals surface area contributed by atoms with Crippen LogP contribution in [0.3, 0.4) is 0 Å². The summed E-state index contributed by atoms with van der Waals surface area (Å²) in [5, 5.41) is 8.35. The summed E-state index contributed by atoms with van der Waals surface area (Å²) in [4.78, 5) is 26.7. The van der Waals surface area contributed by atoms with Gasteiger partial charge in [-0.25, -0.2) is 9.36 Å². The average Bonchev–Trinajstić information content (AvgIpc) is 1.95. The molecule has 0 aromatic heterocycles. The normalized spacial score (nSPS) is 11.2. The van der Waals surface area contributed by atoms with Crippen molar-refractivity contribution in [2.45, 2.75) is 12.8 Å². The largest absolute Gasteiger partial charge is 0.478 e. The zero-order valence-electron chi connectivity index (χ0n) is 6.84. The van der Waals surface area contributed by atoms with Gasteiger partial charge in [0.05, 0.1) is 6.61 Å². The van der Waals surface area contributed by atoms with Gasteiger partial charge in [-0.15, -0.1) is 0 Å². The van der Waals surface area contributed by atoms with Gasteiger partial charge in [-0.05, 0) is 12.8 Å². The Morgan fingerprint density at radius 2 is 2.00 bits per heavy atom. The first kappa shape index (κ1) is 12.3. The molecule has 0 bridgehead atoms. The van der Waals surface area contributed by atoms with Crippen LogP contribution in [0.4, 0.5) is 0 Å². The monoisotopic (exact) mass is 210 g/mol. The Kier molecular flexibility index (Phi) is 4.87. The average molecular weight is 210 g/mol. The lowest BCUT2D eigenvalue weighted by Gasteiger charge is -2.04. The van der Waals surface area contributed by atoms with E-state index in [2.05, 4.69) is 11.1 Å². The zero-order chi connectivity index (χ0) is 10.5. The summed E-state index contributed by atoms with van der Waals surface area (Å²) in [5.74, 6) is -1.11. The second-order valence-electron chi connectivity index (χ2n) is 2.34. The highest BCUT2D eigenvalue weighted by atomic mass is 31.2. The lowest BCUT2D eigenvalue weighted by Crippen LogP contribution is -2.00. The van der Waals surface area contributed by atoms with Crippen LogP contribution in [0.1, 0.15) is 12.8 Å².